The first-order valence-corrected chi connectivity index (χ1v) is 7.89. The van der Waals surface area contributed by atoms with Gasteiger partial charge in [-0.15, -0.1) is 0 Å². The van der Waals surface area contributed by atoms with E-state index in [1.54, 1.807) is 0 Å². The molecule has 3 heteroatoms. The smallest absolute Gasteiger partial charge is 0.120 e. The van der Waals surface area contributed by atoms with E-state index >= 15 is 0 Å². The number of hydrogen-bond acceptors (Lipinski definition) is 2. The molecular formula is C19H22N2O. The molecule has 1 aliphatic carbocycles. The van der Waals surface area contributed by atoms with Crippen molar-refractivity contribution in [3.05, 3.63) is 47.2 Å². The van der Waals surface area contributed by atoms with Gasteiger partial charge in [0.2, 0.25) is 0 Å². The highest BCUT2D eigenvalue weighted by atomic mass is 16.3. The molecule has 0 saturated heterocycles. The number of aliphatic hydroxyl groups is 1. The maximum atomic E-state index is 11.0. The van der Waals surface area contributed by atoms with Gasteiger partial charge in [-0.3, -0.25) is 0 Å². The fraction of sp³-hybridized carbons (Fsp3) is 0.421. The third-order valence-electron chi connectivity index (χ3n) is 5.06. The Morgan fingerprint density at radius 3 is 2.68 bits per heavy atom. The number of hydrogen-bond donors (Lipinski definition) is 1. The maximum Gasteiger partial charge on any atom is 0.120 e. The predicted molar refractivity (Wildman–Crippen MR) is 87.2 cm³/mol. The first-order chi connectivity index (χ1) is 10.5. The summed E-state index contributed by atoms with van der Waals surface area (Å²) < 4.78 is 1.92. The van der Waals surface area contributed by atoms with E-state index in [4.69, 9.17) is 5.26 Å². The number of aromatic nitrogens is 1. The molecular weight excluding hydrogens is 272 g/mol. The zero-order chi connectivity index (χ0) is 15.9. The van der Waals surface area contributed by atoms with Crippen molar-refractivity contribution in [3.63, 3.8) is 0 Å². The molecule has 1 aromatic carbocycles. The van der Waals surface area contributed by atoms with Crippen LogP contribution in [0.3, 0.4) is 0 Å². The third kappa shape index (κ3) is 2.15. The fourth-order valence-electron chi connectivity index (χ4n) is 3.58. The minimum atomic E-state index is -0.710. The Kier molecular flexibility index (Phi) is 3.58. The van der Waals surface area contributed by atoms with Gasteiger partial charge in [0.25, 0.3) is 0 Å². The molecule has 1 aromatic heterocycles. The van der Waals surface area contributed by atoms with Gasteiger partial charge in [0.15, 0.2) is 0 Å². The van der Waals surface area contributed by atoms with Crippen molar-refractivity contribution >= 4 is 0 Å². The van der Waals surface area contributed by atoms with Gasteiger partial charge in [0.05, 0.1) is 5.60 Å². The van der Waals surface area contributed by atoms with Gasteiger partial charge in [-0.05, 0) is 60.1 Å². The quantitative estimate of drug-likeness (QED) is 0.917. The Morgan fingerprint density at radius 1 is 1.27 bits per heavy atom. The number of nitrogens with zero attached hydrogens (tertiary/aromatic N) is 2. The van der Waals surface area contributed by atoms with E-state index in [0.717, 1.165) is 36.1 Å². The highest BCUT2D eigenvalue weighted by molar-refractivity contribution is 5.64. The average Bonchev–Trinajstić information content (AvgIpc) is 2.88. The largest absolute Gasteiger partial charge is 0.385 e. The number of benzene rings is 1. The second kappa shape index (κ2) is 5.30. The molecule has 0 aliphatic heterocycles. The van der Waals surface area contributed by atoms with Crippen LogP contribution in [-0.2, 0) is 19.1 Å². The second-order valence-corrected chi connectivity index (χ2v) is 6.58. The Hall–Kier alpha value is -2.05. The molecule has 0 bridgehead atoms. The van der Waals surface area contributed by atoms with Crippen LogP contribution in [0.4, 0.5) is 0 Å². The van der Waals surface area contributed by atoms with Crippen LogP contribution in [0.25, 0.3) is 11.3 Å². The van der Waals surface area contributed by atoms with E-state index in [0.29, 0.717) is 5.69 Å². The molecule has 1 N–H and O–H groups in total. The van der Waals surface area contributed by atoms with Crippen LogP contribution in [0.15, 0.2) is 30.3 Å². The molecule has 1 atom stereocenters. The summed E-state index contributed by atoms with van der Waals surface area (Å²) in [6.07, 6.45) is 2.86. The second-order valence-electron chi connectivity index (χ2n) is 6.58. The summed E-state index contributed by atoms with van der Waals surface area (Å²) in [6, 6.07) is 12.3. The standard InChI is InChI=1S/C19H22N2O/c1-13(2)19(22)10-4-5-14-11-15(6-8-17(14)19)18-9-7-16(12-20)21(18)3/h6-9,11,13,22H,4-5,10H2,1-3H3. The van der Waals surface area contributed by atoms with Crippen LogP contribution in [0.5, 0.6) is 0 Å². The third-order valence-corrected chi connectivity index (χ3v) is 5.06. The first-order valence-electron chi connectivity index (χ1n) is 7.89. The lowest BCUT2D eigenvalue weighted by Crippen LogP contribution is -2.35. The molecule has 114 valence electrons. The lowest BCUT2D eigenvalue weighted by molar-refractivity contribution is -0.0260. The van der Waals surface area contributed by atoms with Crippen LogP contribution in [0.1, 0.15) is 43.5 Å². The summed E-state index contributed by atoms with van der Waals surface area (Å²) in [7, 11) is 1.91. The molecule has 2 aromatic rings. The van der Waals surface area contributed by atoms with E-state index in [1.807, 2.05) is 23.7 Å². The van der Waals surface area contributed by atoms with E-state index in [1.165, 1.54) is 5.56 Å². The van der Waals surface area contributed by atoms with Gasteiger partial charge in [0, 0.05) is 12.7 Å². The Bertz CT molecular complexity index is 751. The predicted octanol–water partition coefficient (Wildman–Crippen LogP) is 3.74. The average molecular weight is 294 g/mol. The molecule has 1 unspecified atom stereocenters. The van der Waals surface area contributed by atoms with Crippen LogP contribution >= 0.6 is 0 Å². The number of rotatable bonds is 2. The first kappa shape index (κ1) is 14.9. The Morgan fingerprint density at radius 2 is 2.05 bits per heavy atom. The fourth-order valence-corrected chi connectivity index (χ4v) is 3.58. The highest BCUT2D eigenvalue weighted by Crippen LogP contribution is 2.41. The molecule has 22 heavy (non-hydrogen) atoms. The normalized spacial score (nSPS) is 20.7. The minimum absolute atomic E-state index is 0.206. The summed E-state index contributed by atoms with van der Waals surface area (Å²) in [5.41, 5.74) is 4.41. The molecule has 0 radical (unpaired) electrons. The molecule has 3 rings (SSSR count). The van der Waals surface area contributed by atoms with E-state index in [9.17, 15) is 5.11 Å². The van der Waals surface area contributed by atoms with Gasteiger partial charge in [-0.25, -0.2) is 0 Å². The van der Waals surface area contributed by atoms with Gasteiger partial charge in [-0.2, -0.15) is 5.26 Å². The zero-order valence-electron chi connectivity index (χ0n) is 13.4. The zero-order valence-corrected chi connectivity index (χ0v) is 13.4. The summed E-state index contributed by atoms with van der Waals surface area (Å²) in [4.78, 5) is 0. The van der Waals surface area contributed by atoms with Crippen molar-refractivity contribution in [2.24, 2.45) is 13.0 Å². The van der Waals surface area contributed by atoms with Crippen LogP contribution in [0, 0.1) is 17.2 Å². The molecule has 0 spiro atoms. The molecule has 1 heterocycles. The SMILES string of the molecule is CC(C)C1(O)CCCc2cc(-c3ccc(C#N)n3C)ccc21. The number of fused-ring (bicyclic) bond motifs is 1. The maximum absolute atomic E-state index is 11.0. The van der Waals surface area contributed by atoms with Gasteiger partial charge in [-0.1, -0.05) is 26.0 Å². The summed E-state index contributed by atoms with van der Waals surface area (Å²) in [6.45, 7) is 4.17. The van der Waals surface area contributed by atoms with Gasteiger partial charge >= 0.3 is 0 Å². The number of aryl methyl sites for hydroxylation is 1. The Labute approximate surface area is 131 Å². The number of nitriles is 1. The monoisotopic (exact) mass is 294 g/mol. The van der Waals surface area contributed by atoms with Crippen molar-refractivity contribution in [2.45, 2.75) is 38.7 Å². The van der Waals surface area contributed by atoms with Crippen molar-refractivity contribution in [3.8, 4) is 17.3 Å². The van der Waals surface area contributed by atoms with Gasteiger partial charge in [0.1, 0.15) is 11.8 Å². The van der Waals surface area contributed by atoms with Crippen molar-refractivity contribution in [1.82, 2.24) is 4.57 Å². The van der Waals surface area contributed by atoms with E-state index in [2.05, 4.69) is 38.1 Å². The Balaban J connectivity index is 2.08. The van der Waals surface area contributed by atoms with Crippen molar-refractivity contribution in [1.29, 1.82) is 5.26 Å². The van der Waals surface area contributed by atoms with Crippen LogP contribution in [-0.4, -0.2) is 9.67 Å². The highest BCUT2D eigenvalue weighted by Gasteiger charge is 2.37. The van der Waals surface area contributed by atoms with Crippen molar-refractivity contribution in [2.75, 3.05) is 0 Å². The lowest BCUT2D eigenvalue weighted by atomic mass is 9.72. The molecule has 3 nitrogen and oxygen atoms in total. The summed E-state index contributed by atoms with van der Waals surface area (Å²) in [5, 5.41) is 20.1. The summed E-state index contributed by atoms with van der Waals surface area (Å²) in [5.74, 6) is 0.206. The lowest BCUT2D eigenvalue weighted by Gasteiger charge is -2.38. The van der Waals surface area contributed by atoms with E-state index in [-0.39, 0.29) is 5.92 Å². The van der Waals surface area contributed by atoms with Gasteiger partial charge < -0.3 is 9.67 Å². The minimum Gasteiger partial charge on any atom is -0.385 e. The molecule has 0 amide bonds. The molecule has 0 saturated carbocycles. The molecule has 1 aliphatic rings. The van der Waals surface area contributed by atoms with Crippen molar-refractivity contribution < 1.29 is 5.11 Å². The van der Waals surface area contributed by atoms with E-state index < -0.39 is 5.60 Å². The molecule has 0 fully saturated rings. The summed E-state index contributed by atoms with van der Waals surface area (Å²) >= 11 is 0. The van der Waals surface area contributed by atoms with Crippen LogP contribution in [0.2, 0.25) is 0 Å². The van der Waals surface area contributed by atoms with Crippen LogP contribution < -0.4 is 0 Å². The topological polar surface area (TPSA) is 48.9 Å².